The molecule has 2 aromatic heterocycles. The van der Waals surface area contributed by atoms with Gasteiger partial charge in [0, 0.05) is 16.0 Å². The molecule has 1 amide bonds. The van der Waals surface area contributed by atoms with Crippen LogP contribution in [0.2, 0.25) is 5.02 Å². The average Bonchev–Trinajstić information content (AvgIpc) is 3.15. The van der Waals surface area contributed by atoms with E-state index in [4.69, 9.17) is 23.0 Å². The largest absolute Gasteiger partial charge is 0.305 e. The molecule has 0 saturated heterocycles. The van der Waals surface area contributed by atoms with Crippen molar-refractivity contribution in [2.24, 2.45) is 4.99 Å². The first-order valence-electron chi connectivity index (χ1n) is 9.90. The Bertz CT molecular complexity index is 1590. The molecule has 5 aromatic rings. The second kappa shape index (κ2) is 8.43. The molecule has 4 nitrogen and oxygen atoms in total. The third-order valence-electron chi connectivity index (χ3n) is 5.11. The summed E-state index contributed by atoms with van der Waals surface area (Å²) in [7, 11) is 0. The van der Waals surface area contributed by atoms with E-state index < -0.39 is 0 Å². The van der Waals surface area contributed by atoms with E-state index in [0.29, 0.717) is 21.9 Å². The molecule has 0 bridgehead atoms. The summed E-state index contributed by atoms with van der Waals surface area (Å²) in [5.74, 6) is 2.30. The zero-order valence-electron chi connectivity index (χ0n) is 16.8. The number of hydrogen-bond donors (Lipinski definition) is 0. The number of para-hydroxylation sites is 1. The summed E-state index contributed by atoms with van der Waals surface area (Å²) in [6.45, 7) is 0.306. The Kier molecular flexibility index (Phi) is 5.32. The number of pyridine rings is 1. The first kappa shape index (κ1) is 20.2. The van der Waals surface area contributed by atoms with Crippen molar-refractivity contribution in [3.05, 3.63) is 94.3 Å². The minimum absolute atomic E-state index is 0.306. The highest BCUT2D eigenvalue weighted by Crippen LogP contribution is 2.26. The molecule has 0 saturated carbocycles. The van der Waals surface area contributed by atoms with Gasteiger partial charge in [0.25, 0.3) is 5.91 Å². The van der Waals surface area contributed by atoms with Crippen LogP contribution in [-0.2, 0) is 6.54 Å². The van der Waals surface area contributed by atoms with Gasteiger partial charge in [-0.2, -0.15) is 4.99 Å². The van der Waals surface area contributed by atoms with E-state index in [2.05, 4.69) is 10.9 Å². The second-order valence-electron chi connectivity index (χ2n) is 7.14. The van der Waals surface area contributed by atoms with Gasteiger partial charge in [0.2, 0.25) is 0 Å². The lowest BCUT2D eigenvalue weighted by molar-refractivity contribution is 0.0999. The highest BCUT2D eigenvalue weighted by atomic mass is 35.5. The molecule has 154 valence electrons. The number of amides is 1. The lowest BCUT2D eigenvalue weighted by Crippen LogP contribution is -2.16. The Morgan fingerprint density at radius 2 is 1.84 bits per heavy atom. The lowest BCUT2D eigenvalue weighted by atomic mass is 10.0. The van der Waals surface area contributed by atoms with Crippen LogP contribution in [0.4, 0.5) is 0 Å². The van der Waals surface area contributed by atoms with Crippen LogP contribution < -0.4 is 4.80 Å². The standard InChI is InChI=1S/C26H16ClN3OS/c1-2-14-30-23-13-12-18(27)15-24(23)32-26(30)29-25(31)20-16-22(17-8-4-3-5-9-17)28-21-11-7-6-10-19(20)21/h1,3-13,15-16H,14H2. The van der Waals surface area contributed by atoms with Crippen LogP contribution in [0.3, 0.4) is 0 Å². The van der Waals surface area contributed by atoms with Crippen molar-refractivity contribution in [3.63, 3.8) is 0 Å². The number of thiazole rings is 1. The number of benzene rings is 3. The number of nitrogens with zero attached hydrogens (tertiary/aromatic N) is 3. The highest BCUT2D eigenvalue weighted by molar-refractivity contribution is 7.16. The maximum absolute atomic E-state index is 13.4. The molecule has 0 spiro atoms. The fraction of sp³-hybridized carbons (Fsp3) is 0.0385. The molecule has 0 fully saturated rings. The number of fused-ring (bicyclic) bond motifs is 2. The zero-order chi connectivity index (χ0) is 22.1. The Balaban J connectivity index is 1.72. The molecule has 3 aromatic carbocycles. The number of carbonyl (C=O) groups is 1. The summed E-state index contributed by atoms with van der Waals surface area (Å²) < 4.78 is 2.78. The smallest absolute Gasteiger partial charge is 0.280 e. The van der Waals surface area contributed by atoms with Crippen LogP contribution in [0.15, 0.2) is 83.9 Å². The van der Waals surface area contributed by atoms with Gasteiger partial charge in [-0.05, 0) is 30.3 Å². The van der Waals surface area contributed by atoms with E-state index >= 15 is 0 Å². The molecule has 6 heteroatoms. The minimum Gasteiger partial charge on any atom is -0.305 e. The van der Waals surface area contributed by atoms with E-state index in [0.717, 1.165) is 32.4 Å². The predicted molar refractivity (Wildman–Crippen MR) is 131 cm³/mol. The molecular formula is C26H16ClN3OS. The maximum Gasteiger partial charge on any atom is 0.280 e. The van der Waals surface area contributed by atoms with Crippen molar-refractivity contribution >= 4 is 50.0 Å². The van der Waals surface area contributed by atoms with Crippen molar-refractivity contribution in [1.29, 1.82) is 0 Å². The van der Waals surface area contributed by atoms with Crippen molar-refractivity contribution < 1.29 is 4.79 Å². The van der Waals surface area contributed by atoms with Crippen LogP contribution in [0.25, 0.3) is 32.4 Å². The van der Waals surface area contributed by atoms with Gasteiger partial charge in [-0.1, -0.05) is 77.4 Å². The van der Waals surface area contributed by atoms with Crippen LogP contribution >= 0.6 is 22.9 Å². The normalized spacial score (nSPS) is 11.7. The summed E-state index contributed by atoms with van der Waals surface area (Å²) >= 11 is 7.54. The van der Waals surface area contributed by atoms with Gasteiger partial charge < -0.3 is 4.57 Å². The number of halogens is 1. The molecule has 0 aliphatic rings. The number of aromatic nitrogens is 2. The summed E-state index contributed by atoms with van der Waals surface area (Å²) in [5, 5.41) is 1.38. The van der Waals surface area contributed by atoms with E-state index in [1.54, 1.807) is 12.1 Å². The van der Waals surface area contributed by atoms with Gasteiger partial charge in [0.15, 0.2) is 4.80 Å². The van der Waals surface area contributed by atoms with Gasteiger partial charge in [-0.15, -0.1) is 6.42 Å². The van der Waals surface area contributed by atoms with E-state index in [9.17, 15) is 4.79 Å². The molecule has 0 unspecified atom stereocenters. The van der Waals surface area contributed by atoms with E-state index in [1.165, 1.54) is 11.3 Å². The third-order valence-corrected chi connectivity index (χ3v) is 6.38. The monoisotopic (exact) mass is 453 g/mol. The molecule has 0 radical (unpaired) electrons. The van der Waals surface area contributed by atoms with Gasteiger partial charge in [0.05, 0.1) is 33.5 Å². The summed E-state index contributed by atoms with van der Waals surface area (Å²) in [6, 6.07) is 24.7. The quantitative estimate of drug-likeness (QED) is 0.317. The Morgan fingerprint density at radius 3 is 2.66 bits per heavy atom. The highest BCUT2D eigenvalue weighted by Gasteiger charge is 2.15. The van der Waals surface area contributed by atoms with Crippen molar-refractivity contribution in [2.75, 3.05) is 0 Å². The summed E-state index contributed by atoms with van der Waals surface area (Å²) in [4.78, 5) is 23.2. The average molecular weight is 454 g/mol. The third kappa shape index (κ3) is 3.71. The van der Waals surface area contributed by atoms with Gasteiger partial charge >= 0.3 is 0 Å². The van der Waals surface area contributed by atoms with Crippen molar-refractivity contribution in [3.8, 4) is 23.6 Å². The lowest BCUT2D eigenvalue weighted by Gasteiger charge is -2.07. The molecular weight excluding hydrogens is 438 g/mol. The molecule has 0 N–H and O–H groups in total. The van der Waals surface area contributed by atoms with E-state index in [1.807, 2.05) is 71.3 Å². The second-order valence-corrected chi connectivity index (χ2v) is 8.59. The molecule has 5 rings (SSSR count). The topological polar surface area (TPSA) is 47.2 Å². The predicted octanol–water partition coefficient (Wildman–Crippen LogP) is 5.95. The molecule has 0 aliphatic carbocycles. The minimum atomic E-state index is -0.343. The van der Waals surface area contributed by atoms with Crippen LogP contribution in [0.5, 0.6) is 0 Å². The van der Waals surface area contributed by atoms with Gasteiger partial charge in [-0.3, -0.25) is 4.79 Å². The molecule has 32 heavy (non-hydrogen) atoms. The summed E-state index contributed by atoms with van der Waals surface area (Å²) in [5.41, 5.74) is 3.80. The molecule has 0 aliphatic heterocycles. The Hall–Kier alpha value is -3.72. The first-order valence-corrected chi connectivity index (χ1v) is 11.1. The number of rotatable bonds is 3. The zero-order valence-corrected chi connectivity index (χ0v) is 18.4. The fourth-order valence-electron chi connectivity index (χ4n) is 3.63. The van der Waals surface area contributed by atoms with Crippen LogP contribution in [-0.4, -0.2) is 15.5 Å². The first-order chi connectivity index (χ1) is 15.6. The van der Waals surface area contributed by atoms with Gasteiger partial charge in [-0.25, -0.2) is 4.98 Å². The molecule has 2 heterocycles. The number of carbonyl (C=O) groups excluding carboxylic acids is 1. The Labute approximate surface area is 193 Å². The fourth-order valence-corrected chi connectivity index (χ4v) is 4.94. The number of hydrogen-bond acceptors (Lipinski definition) is 3. The van der Waals surface area contributed by atoms with Crippen LogP contribution in [0, 0.1) is 12.3 Å². The van der Waals surface area contributed by atoms with Crippen molar-refractivity contribution in [2.45, 2.75) is 6.54 Å². The number of terminal acetylenes is 1. The Morgan fingerprint density at radius 1 is 1.06 bits per heavy atom. The SMILES string of the molecule is C#CCn1c(=NC(=O)c2cc(-c3ccccc3)nc3ccccc23)sc2cc(Cl)ccc21. The van der Waals surface area contributed by atoms with Crippen LogP contribution in [0.1, 0.15) is 10.4 Å². The summed E-state index contributed by atoms with van der Waals surface area (Å²) in [6.07, 6.45) is 5.58. The van der Waals surface area contributed by atoms with Gasteiger partial charge in [0.1, 0.15) is 0 Å². The van der Waals surface area contributed by atoms with E-state index in [-0.39, 0.29) is 5.91 Å². The van der Waals surface area contributed by atoms with Crippen molar-refractivity contribution in [1.82, 2.24) is 9.55 Å². The maximum atomic E-state index is 13.4. The molecule has 0 atom stereocenters.